The number of ether oxygens (including phenoxy) is 1. The lowest BCUT2D eigenvalue weighted by atomic mass is 9.96. The number of halogens is 1. The van der Waals surface area contributed by atoms with Crippen molar-refractivity contribution in [1.29, 1.82) is 0 Å². The highest BCUT2D eigenvalue weighted by atomic mass is 19.1. The second-order valence-corrected chi connectivity index (χ2v) is 5.65. The minimum Gasteiger partial charge on any atom is -0.503 e. The lowest BCUT2D eigenvalue weighted by molar-refractivity contribution is -0.117. The van der Waals surface area contributed by atoms with Crippen LogP contribution in [0.2, 0.25) is 0 Å². The van der Waals surface area contributed by atoms with E-state index in [1.165, 1.54) is 43.2 Å². The van der Waals surface area contributed by atoms with Crippen LogP contribution in [-0.2, 0) is 9.59 Å². The van der Waals surface area contributed by atoms with E-state index in [1.807, 2.05) is 0 Å². The van der Waals surface area contributed by atoms with Gasteiger partial charge in [-0.15, -0.1) is 0 Å². The molecule has 3 rings (SSSR count). The van der Waals surface area contributed by atoms with E-state index >= 15 is 0 Å². The molecule has 0 radical (unpaired) electrons. The van der Waals surface area contributed by atoms with Crippen LogP contribution in [0.25, 0.3) is 0 Å². The van der Waals surface area contributed by atoms with E-state index in [0.29, 0.717) is 17.0 Å². The Hall–Kier alpha value is -3.15. The van der Waals surface area contributed by atoms with Crippen LogP contribution in [0.5, 0.6) is 5.75 Å². The first kappa shape index (κ1) is 16.7. The summed E-state index contributed by atoms with van der Waals surface area (Å²) in [6.45, 7) is 1.28. The molecule has 0 saturated carbocycles. The number of Topliss-reactive ketones (excluding diaryl/α,β-unsaturated/α-hetero) is 1. The Kier molecular flexibility index (Phi) is 4.27. The highest BCUT2D eigenvalue weighted by molar-refractivity contribution is 6.16. The number of hydrogen-bond donors (Lipinski definition) is 1. The number of amides is 1. The maximum absolute atomic E-state index is 13.3. The number of aliphatic hydroxyl groups is 1. The highest BCUT2D eigenvalue weighted by Gasteiger charge is 2.43. The third-order valence-corrected chi connectivity index (χ3v) is 4.10. The van der Waals surface area contributed by atoms with E-state index in [9.17, 15) is 19.1 Å². The van der Waals surface area contributed by atoms with Gasteiger partial charge in [-0.2, -0.15) is 0 Å². The van der Waals surface area contributed by atoms with Crippen LogP contribution in [0.3, 0.4) is 0 Å². The van der Waals surface area contributed by atoms with Gasteiger partial charge in [0, 0.05) is 11.8 Å². The monoisotopic (exact) mass is 341 g/mol. The summed E-state index contributed by atoms with van der Waals surface area (Å²) in [5.74, 6) is -1.61. The first-order valence-corrected chi connectivity index (χ1v) is 7.61. The van der Waals surface area contributed by atoms with E-state index in [1.54, 1.807) is 24.3 Å². The third kappa shape index (κ3) is 2.87. The van der Waals surface area contributed by atoms with Crippen molar-refractivity contribution in [2.45, 2.75) is 13.0 Å². The number of hydrogen-bond acceptors (Lipinski definition) is 4. The largest absolute Gasteiger partial charge is 0.503 e. The molecule has 2 aromatic carbocycles. The average Bonchev–Trinajstić information content (AvgIpc) is 2.87. The predicted octanol–water partition coefficient (Wildman–Crippen LogP) is 3.32. The number of nitrogens with zero attached hydrogens (tertiary/aromatic N) is 1. The number of anilines is 1. The van der Waals surface area contributed by atoms with Crippen molar-refractivity contribution in [2.24, 2.45) is 0 Å². The van der Waals surface area contributed by atoms with Crippen molar-refractivity contribution in [1.82, 2.24) is 0 Å². The van der Waals surface area contributed by atoms with Gasteiger partial charge >= 0.3 is 0 Å². The van der Waals surface area contributed by atoms with Crippen molar-refractivity contribution >= 4 is 17.4 Å². The molecule has 0 spiro atoms. The predicted molar refractivity (Wildman–Crippen MR) is 90.0 cm³/mol. The summed E-state index contributed by atoms with van der Waals surface area (Å²) in [4.78, 5) is 26.0. The Bertz CT molecular complexity index is 873. The van der Waals surface area contributed by atoms with Gasteiger partial charge in [0.1, 0.15) is 11.6 Å². The van der Waals surface area contributed by atoms with Crippen LogP contribution in [0.1, 0.15) is 18.5 Å². The summed E-state index contributed by atoms with van der Waals surface area (Å²) in [6.07, 6.45) is 0. The second-order valence-electron chi connectivity index (χ2n) is 5.65. The molecule has 1 atom stereocenters. The van der Waals surface area contributed by atoms with Crippen molar-refractivity contribution in [3.05, 3.63) is 71.2 Å². The number of methoxy groups -OCH3 is 1. The van der Waals surface area contributed by atoms with Gasteiger partial charge in [0.25, 0.3) is 5.91 Å². The Morgan fingerprint density at radius 2 is 1.88 bits per heavy atom. The zero-order valence-corrected chi connectivity index (χ0v) is 13.7. The van der Waals surface area contributed by atoms with Crippen LogP contribution < -0.4 is 9.64 Å². The van der Waals surface area contributed by atoms with E-state index in [4.69, 9.17) is 4.74 Å². The Morgan fingerprint density at radius 1 is 1.20 bits per heavy atom. The molecule has 0 fully saturated rings. The molecular weight excluding hydrogens is 325 g/mol. The summed E-state index contributed by atoms with van der Waals surface area (Å²) in [6, 6.07) is 11.4. The number of ketones is 1. The Labute approximate surface area is 144 Å². The molecule has 0 bridgehead atoms. The zero-order valence-electron chi connectivity index (χ0n) is 13.7. The molecule has 1 heterocycles. The zero-order chi connectivity index (χ0) is 18.1. The summed E-state index contributed by atoms with van der Waals surface area (Å²) in [5.41, 5.74) is 0.965. The van der Waals surface area contributed by atoms with Gasteiger partial charge in [0.05, 0.1) is 18.7 Å². The normalized spacial score (nSPS) is 17.2. The minimum absolute atomic E-state index is 0.0144. The molecule has 5 nitrogen and oxygen atoms in total. The van der Waals surface area contributed by atoms with Gasteiger partial charge in [-0.25, -0.2) is 4.39 Å². The first-order chi connectivity index (χ1) is 11.9. The molecular formula is C19H16FNO4. The van der Waals surface area contributed by atoms with E-state index in [2.05, 4.69) is 0 Å². The lowest BCUT2D eigenvalue weighted by Gasteiger charge is -2.27. The number of carbonyl (C=O) groups excluding carboxylic acids is 2. The topological polar surface area (TPSA) is 66.8 Å². The van der Waals surface area contributed by atoms with Gasteiger partial charge in [0.2, 0.25) is 0 Å². The molecule has 128 valence electrons. The van der Waals surface area contributed by atoms with Crippen molar-refractivity contribution in [2.75, 3.05) is 12.0 Å². The maximum atomic E-state index is 13.3. The van der Waals surface area contributed by atoms with Crippen molar-refractivity contribution in [3.8, 4) is 5.75 Å². The van der Waals surface area contributed by atoms with E-state index < -0.39 is 29.3 Å². The van der Waals surface area contributed by atoms with Crippen LogP contribution in [0.15, 0.2) is 59.9 Å². The summed E-state index contributed by atoms with van der Waals surface area (Å²) in [7, 11) is 1.50. The quantitative estimate of drug-likeness (QED) is 0.926. The van der Waals surface area contributed by atoms with Crippen LogP contribution >= 0.6 is 0 Å². The highest BCUT2D eigenvalue weighted by Crippen LogP contribution is 2.41. The molecule has 0 aromatic heterocycles. The van der Waals surface area contributed by atoms with Crippen LogP contribution in [0, 0.1) is 5.82 Å². The minimum atomic E-state index is -0.835. The van der Waals surface area contributed by atoms with Gasteiger partial charge < -0.3 is 9.84 Å². The fourth-order valence-electron chi connectivity index (χ4n) is 2.95. The smallest absolute Gasteiger partial charge is 0.294 e. The molecule has 1 aliphatic heterocycles. The molecule has 1 aliphatic rings. The van der Waals surface area contributed by atoms with Crippen LogP contribution in [-0.4, -0.2) is 23.9 Å². The standard InChI is InChI=1S/C19H16FNO4/c1-11(22)16-17(12-6-8-13(20)9-7-12)21(19(24)18(16)23)14-4-3-5-15(10-14)25-2/h3-10,17,23H,1-2H3. The molecule has 25 heavy (non-hydrogen) atoms. The van der Waals surface area contributed by atoms with Crippen LogP contribution in [0.4, 0.5) is 10.1 Å². The summed E-state index contributed by atoms with van der Waals surface area (Å²) >= 11 is 0. The van der Waals surface area contributed by atoms with Gasteiger partial charge in [-0.1, -0.05) is 18.2 Å². The molecule has 1 unspecified atom stereocenters. The summed E-state index contributed by atoms with van der Waals surface area (Å²) < 4.78 is 18.5. The van der Waals surface area contributed by atoms with Gasteiger partial charge in [-0.05, 0) is 36.8 Å². The van der Waals surface area contributed by atoms with Crippen molar-refractivity contribution in [3.63, 3.8) is 0 Å². The van der Waals surface area contributed by atoms with Gasteiger partial charge in [0.15, 0.2) is 11.5 Å². The number of rotatable bonds is 4. The lowest BCUT2D eigenvalue weighted by Crippen LogP contribution is -2.30. The SMILES string of the molecule is COc1cccc(N2C(=O)C(O)=C(C(C)=O)C2c2ccc(F)cc2)c1. The first-order valence-electron chi connectivity index (χ1n) is 7.61. The fourth-order valence-corrected chi connectivity index (χ4v) is 2.95. The Morgan fingerprint density at radius 3 is 2.48 bits per heavy atom. The molecule has 0 saturated heterocycles. The molecule has 6 heteroatoms. The fraction of sp³-hybridized carbons (Fsp3) is 0.158. The summed E-state index contributed by atoms with van der Waals surface area (Å²) in [5, 5.41) is 10.2. The van der Waals surface area contributed by atoms with E-state index in [0.717, 1.165) is 0 Å². The van der Waals surface area contributed by atoms with Gasteiger partial charge in [-0.3, -0.25) is 14.5 Å². The van der Waals surface area contributed by atoms with Crippen molar-refractivity contribution < 1.29 is 23.8 Å². The number of aliphatic hydroxyl groups excluding tert-OH is 1. The third-order valence-electron chi connectivity index (χ3n) is 4.10. The Balaban J connectivity index is 2.17. The van der Waals surface area contributed by atoms with E-state index in [-0.39, 0.29) is 5.57 Å². The second kappa shape index (κ2) is 6.39. The molecule has 0 aliphatic carbocycles. The number of benzene rings is 2. The molecule has 1 N–H and O–H groups in total. The maximum Gasteiger partial charge on any atom is 0.294 e. The molecule has 2 aromatic rings. The average molecular weight is 341 g/mol. The number of carbonyl (C=O) groups is 2. The molecule has 1 amide bonds.